The highest BCUT2D eigenvalue weighted by Gasteiger charge is 2.45. The second kappa shape index (κ2) is 9.50. The molecule has 6 bridgehead atoms. The zero-order valence-electron chi connectivity index (χ0n) is 21.2. The van der Waals surface area contributed by atoms with Gasteiger partial charge in [-0.1, -0.05) is 43.4 Å². The molecule has 6 rings (SSSR count). The average Bonchev–Trinajstić information content (AvgIpc) is 3.74. The van der Waals surface area contributed by atoms with E-state index in [9.17, 15) is 14.4 Å². The summed E-state index contributed by atoms with van der Waals surface area (Å²) in [6.07, 6.45) is 19.3. The maximum absolute atomic E-state index is 13.0. The van der Waals surface area contributed by atoms with Gasteiger partial charge in [0.25, 0.3) is 0 Å². The van der Waals surface area contributed by atoms with Crippen molar-refractivity contribution in [2.24, 2.45) is 58.7 Å². The van der Waals surface area contributed by atoms with Crippen LogP contribution in [-0.4, -0.2) is 37.7 Å². The van der Waals surface area contributed by atoms with E-state index < -0.39 is 5.41 Å². The average molecular weight is 495 g/mol. The van der Waals surface area contributed by atoms with Gasteiger partial charge in [-0.3, -0.25) is 14.4 Å². The fourth-order valence-electron chi connectivity index (χ4n) is 7.58. The first-order chi connectivity index (χ1) is 17.4. The Kier molecular flexibility index (Phi) is 6.33. The summed E-state index contributed by atoms with van der Waals surface area (Å²) >= 11 is 0. The van der Waals surface area contributed by atoms with Crippen molar-refractivity contribution in [1.82, 2.24) is 0 Å². The normalized spacial score (nSPS) is 40.1. The summed E-state index contributed by atoms with van der Waals surface area (Å²) in [5, 5.41) is 0. The number of hydrogen-bond acceptors (Lipinski definition) is 6. The summed E-state index contributed by atoms with van der Waals surface area (Å²) in [4.78, 5) is 38.9. The van der Waals surface area contributed by atoms with E-state index in [4.69, 9.17) is 14.2 Å². The molecule has 6 aliphatic rings. The van der Waals surface area contributed by atoms with E-state index >= 15 is 0 Å². The van der Waals surface area contributed by atoms with E-state index in [0.29, 0.717) is 24.2 Å². The minimum Gasteiger partial charge on any atom is -0.465 e. The van der Waals surface area contributed by atoms with E-state index in [1.165, 1.54) is 0 Å². The Balaban J connectivity index is 1.10. The molecular weight excluding hydrogens is 456 g/mol. The molecule has 6 aliphatic carbocycles. The van der Waals surface area contributed by atoms with Crippen molar-refractivity contribution in [2.75, 3.05) is 19.8 Å². The van der Waals surface area contributed by atoms with Crippen molar-refractivity contribution >= 4 is 17.9 Å². The molecule has 6 nitrogen and oxygen atoms in total. The molecule has 194 valence electrons. The molecule has 3 fully saturated rings. The summed E-state index contributed by atoms with van der Waals surface area (Å²) in [6, 6.07) is 0. The van der Waals surface area contributed by atoms with Crippen LogP contribution in [0.15, 0.2) is 36.5 Å². The van der Waals surface area contributed by atoms with E-state index in [2.05, 4.69) is 36.5 Å². The SMILES string of the molecule is CCC(COC(=O)C1CC2C=CC1C2)(COC(=O)C1CC2C=CC1C2)COC(=O)C1CC2C=CC1C2. The van der Waals surface area contributed by atoms with Crippen molar-refractivity contribution in [1.29, 1.82) is 0 Å². The Morgan fingerprint density at radius 2 is 0.917 bits per heavy atom. The monoisotopic (exact) mass is 494 g/mol. The smallest absolute Gasteiger partial charge is 0.309 e. The second-order valence-corrected chi connectivity index (χ2v) is 12.3. The molecule has 0 aliphatic heterocycles. The van der Waals surface area contributed by atoms with Crippen LogP contribution in [0.5, 0.6) is 0 Å². The lowest BCUT2D eigenvalue weighted by molar-refractivity contribution is -0.168. The standard InChI is InChI=1S/C30H38O6/c1-2-30(15-34-27(31)24-12-18-3-6-21(24)9-18,16-35-28(32)25-13-19-4-7-22(25)10-19)17-36-29(33)26-14-20-5-8-23(26)11-20/h3-8,18-26H,2,9-17H2,1H3. The van der Waals surface area contributed by atoms with Crippen LogP contribution in [0, 0.1) is 58.7 Å². The van der Waals surface area contributed by atoms with Gasteiger partial charge in [0.1, 0.15) is 19.8 Å². The molecule has 9 unspecified atom stereocenters. The van der Waals surface area contributed by atoms with Gasteiger partial charge in [-0.05, 0) is 80.5 Å². The quantitative estimate of drug-likeness (QED) is 0.250. The van der Waals surface area contributed by atoms with Gasteiger partial charge >= 0.3 is 17.9 Å². The van der Waals surface area contributed by atoms with Gasteiger partial charge in [0, 0.05) is 0 Å². The molecule has 0 heterocycles. The Hall–Kier alpha value is -2.37. The molecule has 0 aromatic rings. The molecule has 3 saturated carbocycles. The van der Waals surface area contributed by atoms with Crippen LogP contribution in [0.25, 0.3) is 0 Å². The van der Waals surface area contributed by atoms with Crippen LogP contribution in [0.2, 0.25) is 0 Å². The summed E-state index contributed by atoms with van der Waals surface area (Å²) < 4.78 is 17.6. The van der Waals surface area contributed by atoms with Gasteiger partial charge in [-0.2, -0.15) is 0 Å². The Bertz CT molecular complexity index is 872. The molecule has 0 spiro atoms. The lowest BCUT2D eigenvalue weighted by atomic mass is 9.87. The highest BCUT2D eigenvalue weighted by Crippen LogP contribution is 2.46. The van der Waals surface area contributed by atoms with Crippen LogP contribution in [0.4, 0.5) is 0 Å². The number of carbonyl (C=O) groups excluding carboxylic acids is 3. The van der Waals surface area contributed by atoms with Crippen molar-refractivity contribution in [3.05, 3.63) is 36.5 Å². The molecule has 0 radical (unpaired) electrons. The third-order valence-electron chi connectivity index (χ3n) is 10.1. The van der Waals surface area contributed by atoms with Crippen LogP contribution in [-0.2, 0) is 28.6 Å². The Labute approximate surface area is 213 Å². The third kappa shape index (κ3) is 4.45. The minimum atomic E-state index is -0.741. The summed E-state index contributed by atoms with van der Waals surface area (Å²) in [6.45, 7) is 2.26. The number of ether oxygens (including phenoxy) is 3. The first kappa shape index (κ1) is 24.0. The summed E-state index contributed by atoms with van der Waals surface area (Å²) in [5.41, 5.74) is -0.741. The molecule has 0 N–H and O–H groups in total. The molecule has 0 saturated heterocycles. The first-order valence-corrected chi connectivity index (χ1v) is 14.0. The lowest BCUT2D eigenvalue weighted by Crippen LogP contribution is -2.41. The van der Waals surface area contributed by atoms with Crippen LogP contribution in [0.1, 0.15) is 51.9 Å². The van der Waals surface area contributed by atoms with Gasteiger partial charge in [0.15, 0.2) is 0 Å². The second-order valence-electron chi connectivity index (χ2n) is 12.3. The van der Waals surface area contributed by atoms with Crippen LogP contribution < -0.4 is 0 Å². The third-order valence-corrected chi connectivity index (χ3v) is 10.1. The highest BCUT2D eigenvalue weighted by molar-refractivity contribution is 5.75. The molecule has 0 aromatic carbocycles. The van der Waals surface area contributed by atoms with Gasteiger partial charge in [-0.25, -0.2) is 0 Å². The Morgan fingerprint density at radius 1 is 0.583 bits per heavy atom. The van der Waals surface area contributed by atoms with Gasteiger partial charge < -0.3 is 14.2 Å². The van der Waals surface area contributed by atoms with Crippen molar-refractivity contribution < 1.29 is 28.6 Å². The fraction of sp³-hybridized carbons (Fsp3) is 0.700. The van der Waals surface area contributed by atoms with Gasteiger partial charge in [0.05, 0.1) is 23.2 Å². The maximum atomic E-state index is 13.0. The first-order valence-electron chi connectivity index (χ1n) is 14.0. The number of rotatable bonds is 10. The van der Waals surface area contributed by atoms with Crippen LogP contribution in [0.3, 0.4) is 0 Å². The number of hydrogen-bond donors (Lipinski definition) is 0. The topological polar surface area (TPSA) is 78.9 Å². The zero-order valence-corrected chi connectivity index (χ0v) is 21.2. The number of allylic oxidation sites excluding steroid dienone is 6. The van der Waals surface area contributed by atoms with Crippen LogP contribution >= 0.6 is 0 Å². The van der Waals surface area contributed by atoms with E-state index in [-0.39, 0.29) is 73.2 Å². The molecule has 0 amide bonds. The fourth-order valence-corrected chi connectivity index (χ4v) is 7.58. The maximum Gasteiger partial charge on any atom is 0.309 e. The predicted octanol–water partition coefficient (Wildman–Crippen LogP) is 4.65. The summed E-state index contributed by atoms with van der Waals surface area (Å²) in [5.74, 6) is 1.42. The number of esters is 3. The molecular formula is C30H38O6. The predicted molar refractivity (Wildman–Crippen MR) is 132 cm³/mol. The van der Waals surface area contributed by atoms with Crippen molar-refractivity contribution in [3.63, 3.8) is 0 Å². The van der Waals surface area contributed by atoms with Gasteiger partial charge in [0.2, 0.25) is 0 Å². The number of fused-ring (bicyclic) bond motifs is 6. The molecule has 36 heavy (non-hydrogen) atoms. The van der Waals surface area contributed by atoms with E-state index in [1.54, 1.807) is 0 Å². The Morgan fingerprint density at radius 3 is 1.14 bits per heavy atom. The lowest BCUT2D eigenvalue weighted by Gasteiger charge is -2.33. The minimum absolute atomic E-state index is 0.0910. The van der Waals surface area contributed by atoms with Crippen molar-refractivity contribution in [3.8, 4) is 0 Å². The molecule has 0 aromatic heterocycles. The molecule has 6 heteroatoms. The number of carbonyl (C=O) groups is 3. The molecule has 9 atom stereocenters. The van der Waals surface area contributed by atoms with E-state index in [1.807, 2.05) is 6.92 Å². The zero-order chi connectivity index (χ0) is 24.9. The largest absolute Gasteiger partial charge is 0.465 e. The summed E-state index contributed by atoms with van der Waals surface area (Å²) in [7, 11) is 0. The highest BCUT2D eigenvalue weighted by atomic mass is 16.6. The van der Waals surface area contributed by atoms with E-state index in [0.717, 1.165) is 38.5 Å². The van der Waals surface area contributed by atoms with Crippen molar-refractivity contribution in [2.45, 2.75) is 51.9 Å². The van der Waals surface area contributed by atoms with Gasteiger partial charge in [-0.15, -0.1) is 0 Å².